The second-order valence-electron chi connectivity index (χ2n) is 5.61. The molecule has 1 aliphatic rings. The Morgan fingerprint density at radius 1 is 0.955 bits per heavy atom. The van der Waals surface area contributed by atoms with Gasteiger partial charge >= 0.3 is 0 Å². The Balaban J connectivity index is 1.41. The largest absolute Gasteiger partial charge is 0.348 e. The fourth-order valence-electron chi connectivity index (χ4n) is 2.68. The molecule has 0 unspecified atom stereocenters. The lowest BCUT2D eigenvalue weighted by molar-refractivity contribution is -0.218. The number of benzene rings is 2. The topological polar surface area (TPSA) is 30.5 Å². The molecular formula is C19H23NO2. The molecule has 1 saturated heterocycles. The van der Waals surface area contributed by atoms with Crippen LogP contribution in [0.4, 0.5) is 0 Å². The Bertz CT molecular complexity index is 544. The van der Waals surface area contributed by atoms with Crippen LogP contribution < -0.4 is 5.32 Å². The second-order valence-corrected chi connectivity index (χ2v) is 5.61. The third kappa shape index (κ3) is 4.41. The highest BCUT2D eigenvalue weighted by molar-refractivity contribution is 5.16. The summed E-state index contributed by atoms with van der Waals surface area (Å²) in [5, 5.41) is 3.48. The average Bonchev–Trinajstić information content (AvgIpc) is 2.61. The van der Waals surface area contributed by atoms with Crippen molar-refractivity contribution in [3.05, 3.63) is 71.8 Å². The molecule has 0 aromatic heterocycles. The van der Waals surface area contributed by atoms with Gasteiger partial charge < -0.3 is 14.8 Å². The van der Waals surface area contributed by atoms with Gasteiger partial charge in [0.25, 0.3) is 0 Å². The molecule has 3 nitrogen and oxygen atoms in total. The van der Waals surface area contributed by atoms with Gasteiger partial charge in [-0.2, -0.15) is 0 Å². The van der Waals surface area contributed by atoms with E-state index in [0.717, 1.165) is 38.1 Å². The van der Waals surface area contributed by atoms with Crippen molar-refractivity contribution < 1.29 is 9.47 Å². The van der Waals surface area contributed by atoms with Crippen LogP contribution in [0.3, 0.4) is 0 Å². The minimum Gasteiger partial charge on any atom is -0.348 e. The van der Waals surface area contributed by atoms with Crippen molar-refractivity contribution in [3.8, 4) is 0 Å². The molecule has 0 bridgehead atoms. The van der Waals surface area contributed by atoms with Crippen LogP contribution in [0, 0.1) is 0 Å². The first-order valence-corrected chi connectivity index (χ1v) is 7.98. The Kier molecular flexibility index (Phi) is 5.59. The summed E-state index contributed by atoms with van der Waals surface area (Å²) in [4.78, 5) is 0. The van der Waals surface area contributed by atoms with Gasteiger partial charge in [-0.15, -0.1) is 0 Å². The Labute approximate surface area is 132 Å². The van der Waals surface area contributed by atoms with Crippen molar-refractivity contribution in [3.63, 3.8) is 0 Å². The number of hydrogen-bond acceptors (Lipinski definition) is 3. The molecule has 3 rings (SSSR count). The molecule has 2 atom stereocenters. The molecular weight excluding hydrogens is 274 g/mol. The van der Waals surface area contributed by atoms with Crippen molar-refractivity contribution in [1.82, 2.24) is 5.32 Å². The van der Waals surface area contributed by atoms with Crippen LogP contribution in [-0.4, -0.2) is 19.3 Å². The van der Waals surface area contributed by atoms with E-state index in [2.05, 4.69) is 41.7 Å². The van der Waals surface area contributed by atoms with Crippen molar-refractivity contribution in [1.29, 1.82) is 0 Å². The van der Waals surface area contributed by atoms with Gasteiger partial charge in [0, 0.05) is 12.1 Å². The fourth-order valence-corrected chi connectivity index (χ4v) is 2.68. The lowest BCUT2D eigenvalue weighted by Crippen LogP contribution is -2.30. The van der Waals surface area contributed by atoms with E-state index in [4.69, 9.17) is 9.47 Å². The lowest BCUT2D eigenvalue weighted by atomic mass is 10.1. The highest BCUT2D eigenvalue weighted by atomic mass is 16.7. The van der Waals surface area contributed by atoms with Crippen molar-refractivity contribution >= 4 is 0 Å². The average molecular weight is 297 g/mol. The summed E-state index contributed by atoms with van der Waals surface area (Å²) in [5.41, 5.74) is 2.42. The predicted octanol–water partition coefficient (Wildman–Crippen LogP) is 3.67. The third-order valence-corrected chi connectivity index (χ3v) is 3.91. The minimum atomic E-state index is -0.214. The van der Waals surface area contributed by atoms with Gasteiger partial charge in [-0.25, -0.2) is 0 Å². The van der Waals surface area contributed by atoms with Gasteiger partial charge in [0.2, 0.25) is 0 Å². The van der Waals surface area contributed by atoms with Gasteiger partial charge in [-0.3, -0.25) is 0 Å². The van der Waals surface area contributed by atoms with E-state index < -0.39 is 0 Å². The molecule has 2 aromatic carbocycles. The molecule has 0 radical (unpaired) electrons. The molecule has 116 valence electrons. The van der Waals surface area contributed by atoms with Gasteiger partial charge in [0.1, 0.15) is 0 Å². The summed E-state index contributed by atoms with van der Waals surface area (Å²) in [6.07, 6.45) is 2.03. The monoisotopic (exact) mass is 297 g/mol. The van der Waals surface area contributed by atoms with Gasteiger partial charge in [0.15, 0.2) is 6.29 Å². The summed E-state index contributed by atoms with van der Waals surface area (Å²) < 4.78 is 11.8. The maximum Gasteiger partial charge on any atom is 0.184 e. The van der Waals surface area contributed by atoms with E-state index in [1.54, 1.807) is 0 Å². The third-order valence-electron chi connectivity index (χ3n) is 3.91. The SMILES string of the molecule is c1ccc(CNCC[C@H]2CCO[C@@H](c3ccccc3)O2)cc1. The van der Waals surface area contributed by atoms with Crippen LogP contribution >= 0.6 is 0 Å². The molecule has 3 heteroatoms. The van der Waals surface area contributed by atoms with E-state index in [9.17, 15) is 0 Å². The van der Waals surface area contributed by atoms with Crippen LogP contribution in [-0.2, 0) is 16.0 Å². The smallest absolute Gasteiger partial charge is 0.184 e. The van der Waals surface area contributed by atoms with E-state index >= 15 is 0 Å². The van der Waals surface area contributed by atoms with Crippen molar-refractivity contribution in [2.75, 3.05) is 13.2 Å². The molecule has 0 spiro atoms. The molecule has 1 N–H and O–H groups in total. The number of rotatable bonds is 6. The van der Waals surface area contributed by atoms with Gasteiger partial charge in [0.05, 0.1) is 12.7 Å². The fraction of sp³-hybridized carbons (Fsp3) is 0.368. The molecule has 0 amide bonds. The molecule has 0 saturated carbocycles. The zero-order chi connectivity index (χ0) is 15.0. The Morgan fingerprint density at radius 3 is 2.45 bits per heavy atom. The Morgan fingerprint density at radius 2 is 1.68 bits per heavy atom. The van der Waals surface area contributed by atoms with Crippen molar-refractivity contribution in [2.45, 2.75) is 31.8 Å². The van der Waals surface area contributed by atoms with Crippen LogP contribution in [0.5, 0.6) is 0 Å². The summed E-state index contributed by atoms with van der Waals surface area (Å²) >= 11 is 0. The summed E-state index contributed by atoms with van der Waals surface area (Å²) in [5.74, 6) is 0. The maximum absolute atomic E-state index is 6.06. The maximum atomic E-state index is 6.06. The van der Waals surface area contributed by atoms with Crippen LogP contribution in [0.25, 0.3) is 0 Å². The summed E-state index contributed by atoms with van der Waals surface area (Å²) in [7, 11) is 0. The molecule has 0 aliphatic carbocycles. The number of ether oxygens (including phenoxy) is 2. The number of nitrogens with one attached hydrogen (secondary N) is 1. The normalized spacial score (nSPS) is 21.6. The standard InChI is InChI=1S/C19H23NO2/c1-3-7-16(8-4-1)15-20-13-11-18-12-14-21-19(22-18)17-9-5-2-6-10-17/h1-10,18-20H,11-15H2/t18-,19+/m0/s1. The van der Waals surface area contributed by atoms with Gasteiger partial charge in [-0.05, 0) is 24.9 Å². The van der Waals surface area contributed by atoms with E-state index in [0.29, 0.717) is 0 Å². The molecule has 22 heavy (non-hydrogen) atoms. The van der Waals surface area contributed by atoms with Crippen LogP contribution in [0.1, 0.15) is 30.3 Å². The van der Waals surface area contributed by atoms with Crippen LogP contribution in [0.2, 0.25) is 0 Å². The Hall–Kier alpha value is -1.68. The molecule has 1 aliphatic heterocycles. The highest BCUT2D eigenvalue weighted by Gasteiger charge is 2.23. The first-order valence-electron chi connectivity index (χ1n) is 7.98. The highest BCUT2D eigenvalue weighted by Crippen LogP contribution is 2.27. The minimum absolute atomic E-state index is 0.214. The molecule has 1 fully saturated rings. The first-order chi connectivity index (χ1) is 10.9. The van der Waals surface area contributed by atoms with Gasteiger partial charge in [-0.1, -0.05) is 60.7 Å². The number of hydrogen-bond donors (Lipinski definition) is 1. The quantitative estimate of drug-likeness (QED) is 0.825. The van der Waals surface area contributed by atoms with Crippen molar-refractivity contribution in [2.24, 2.45) is 0 Å². The second kappa shape index (κ2) is 8.08. The lowest BCUT2D eigenvalue weighted by Gasteiger charge is -2.30. The van der Waals surface area contributed by atoms with E-state index in [-0.39, 0.29) is 12.4 Å². The first kappa shape index (κ1) is 15.2. The summed E-state index contributed by atoms with van der Waals surface area (Å²) in [6, 6.07) is 20.6. The molecule has 1 heterocycles. The summed E-state index contributed by atoms with van der Waals surface area (Å²) in [6.45, 7) is 2.64. The zero-order valence-corrected chi connectivity index (χ0v) is 12.8. The predicted molar refractivity (Wildman–Crippen MR) is 87.4 cm³/mol. The van der Waals surface area contributed by atoms with E-state index in [1.165, 1.54) is 5.56 Å². The zero-order valence-electron chi connectivity index (χ0n) is 12.8. The van der Waals surface area contributed by atoms with Crippen LogP contribution in [0.15, 0.2) is 60.7 Å². The van der Waals surface area contributed by atoms with E-state index in [1.807, 2.05) is 24.3 Å². The molecule has 2 aromatic rings.